The van der Waals surface area contributed by atoms with E-state index in [0.29, 0.717) is 5.56 Å². The van der Waals surface area contributed by atoms with Gasteiger partial charge in [0, 0.05) is 0 Å². The molecule has 0 spiro atoms. The molecule has 2 aromatic carbocycles. The van der Waals surface area contributed by atoms with Crippen molar-refractivity contribution in [2.75, 3.05) is 0 Å². The van der Waals surface area contributed by atoms with Gasteiger partial charge in [-0.1, -0.05) is 58.9 Å². The first-order chi connectivity index (χ1) is 12.1. The van der Waals surface area contributed by atoms with Crippen molar-refractivity contribution < 1.29 is 9.90 Å². The number of carboxylic acid groups (broad SMARTS) is 1. The summed E-state index contributed by atoms with van der Waals surface area (Å²) >= 11 is 0. The predicted molar refractivity (Wildman–Crippen MR) is 107 cm³/mol. The molecule has 1 aliphatic rings. The minimum absolute atomic E-state index is 0.207. The van der Waals surface area contributed by atoms with Gasteiger partial charge in [0.05, 0.1) is 5.56 Å². The first kappa shape index (κ1) is 18.7. The first-order valence-electron chi connectivity index (χ1n) is 9.63. The van der Waals surface area contributed by atoms with Gasteiger partial charge >= 0.3 is 5.97 Å². The van der Waals surface area contributed by atoms with Gasteiger partial charge in [0.2, 0.25) is 0 Å². The topological polar surface area (TPSA) is 37.3 Å². The summed E-state index contributed by atoms with van der Waals surface area (Å²) in [6, 6.07) is 12.2. The van der Waals surface area contributed by atoms with Crippen LogP contribution < -0.4 is 0 Å². The molecular weight excluding hydrogens is 320 g/mol. The Kier molecular flexibility index (Phi) is 4.72. The molecule has 0 atom stereocenters. The molecule has 26 heavy (non-hydrogen) atoms. The molecule has 0 heterocycles. The average molecular weight is 351 g/mol. The molecule has 0 saturated carbocycles. The standard InChI is InChI=1S/C24H30O2/c1-6-17-14-20-21(24(4,5)12-11-23(20,2)3)15-19(17)13-16-7-9-18(10-8-16)22(25)26/h7-10,14-15H,6,11-13H2,1-5H3,(H,25,26). The molecule has 0 fully saturated rings. The maximum Gasteiger partial charge on any atom is 0.335 e. The van der Waals surface area contributed by atoms with Crippen molar-refractivity contribution in [2.45, 2.75) is 71.1 Å². The van der Waals surface area contributed by atoms with Crippen molar-refractivity contribution in [3.63, 3.8) is 0 Å². The van der Waals surface area contributed by atoms with E-state index >= 15 is 0 Å². The molecule has 0 radical (unpaired) electrons. The van der Waals surface area contributed by atoms with E-state index in [1.54, 1.807) is 12.1 Å². The van der Waals surface area contributed by atoms with Gasteiger partial charge in [-0.2, -0.15) is 0 Å². The Morgan fingerprint density at radius 1 is 0.923 bits per heavy atom. The van der Waals surface area contributed by atoms with E-state index < -0.39 is 5.97 Å². The molecule has 2 aromatic rings. The summed E-state index contributed by atoms with van der Waals surface area (Å²) in [5.74, 6) is -0.872. The van der Waals surface area contributed by atoms with Crippen molar-refractivity contribution in [2.24, 2.45) is 0 Å². The largest absolute Gasteiger partial charge is 0.478 e. The van der Waals surface area contributed by atoms with Gasteiger partial charge in [0.15, 0.2) is 0 Å². The quantitative estimate of drug-likeness (QED) is 0.747. The monoisotopic (exact) mass is 350 g/mol. The number of hydrogen-bond acceptors (Lipinski definition) is 1. The van der Waals surface area contributed by atoms with Gasteiger partial charge in [-0.25, -0.2) is 4.79 Å². The summed E-state index contributed by atoms with van der Waals surface area (Å²) in [6.45, 7) is 11.7. The molecule has 0 unspecified atom stereocenters. The maximum atomic E-state index is 11.1. The van der Waals surface area contributed by atoms with Crippen LogP contribution in [0.2, 0.25) is 0 Å². The van der Waals surface area contributed by atoms with E-state index in [1.165, 1.54) is 35.1 Å². The summed E-state index contributed by atoms with van der Waals surface area (Å²) in [5, 5.41) is 9.09. The van der Waals surface area contributed by atoms with Crippen molar-refractivity contribution in [3.05, 3.63) is 69.8 Å². The van der Waals surface area contributed by atoms with Gasteiger partial charge in [0.1, 0.15) is 0 Å². The number of fused-ring (bicyclic) bond motifs is 1. The summed E-state index contributed by atoms with van der Waals surface area (Å²) in [4.78, 5) is 11.1. The SMILES string of the molecule is CCc1cc2c(cc1Cc1ccc(C(=O)O)cc1)C(C)(C)CCC2(C)C. The highest BCUT2D eigenvalue weighted by molar-refractivity contribution is 5.87. The zero-order valence-electron chi connectivity index (χ0n) is 16.6. The number of carboxylic acids is 1. The molecule has 138 valence electrons. The Morgan fingerprint density at radius 2 is 1.42 bits per heavy atom. The van der Waals surface area contributed by atoms with Gasteiger partial charge in [-0.15, -0.1) is 0 Å². The average Bonchev–Trinajstić information content (AvgIpc) is 2.59. The Hall–Kier alpha value is -2.09. The molecule has 0 aromatic heterocycles. The number of aryl methyl sites for hydroxylation is 1. The van der Waals surface area contributed by atoms with Gasteiger partial charge in [0.25, 0.3) is 0 Å². The van der Waals surface area contributed by atoms with Crippen molar-refractivity contribution in [1.29, 1.82) is 0 Å². The zero-order valence-corrected chi connectivity index (χ0v) is 16.6. The van der Waals surface area contributed by atoms with Crippen molar-refractivity contribution >= 4 is 5.97 Å². The maximum absolute atomic E-state index is 11.1. The molecule has 3 rings (SSSR count). The van der Waals surface area contributed by atoms with Crippen LogP contribution in [0.3, 0.4) is 0 Å². The molecule has 1 N–H and O–H groups in total. The minimum atomic E-state index is -0.872. The highest BCUT2D eigenvalue weighted by atomic mass is 16.4. The fourth-order valence-corrected chi connectivity index (χ4v) is 4.18. The number of benzene rings is 2. The molecule has 2 nitrogen and oxygen atoms in total. The molecule has 1 aliphatic carbocycles. The molecule has 2 heteroatoms. The lowest BCUT2D eigenvalue weighted by Gasteiger charge is -2.42. The van der Waals surface area contributed by atoms with E-state index in [1.807, 2.05) is 12.1 Å². The van der Waals surface area contributed by atoms with E-state index in [9.17, 15) is 4.79 Å². The highest BCUT2D eigenvalue weighted by Crippen LogP contribution is 2.46. The zero-order chi connectivity index (χ0) is 19.1. The lowest BCUT2D eigenvalue weighted by atomic mass is 9.62. The summed E-state index contributed by atoms with van der Waals surface area (Å²) in [6.07, 6.45) is 4.32. The van der Waals surface area contributed by atoms with E-state index in [2.05, 4.69) is 46.8 Å². The number of aromatic carboxylic acids is 1. The van der Waals surface area contributed by atoms with E-state index in [0.717, 1.165) is 18.4 Å². The van der Waals surface area contributed by atoms with Gasteiger partial charge in [-0.3, -0.25) is 0 Å². The van der Waals surface area contributed by atoms with Gasteiger partial charge < -0.3 is 5.11 Å². The summed E-state index contributed by atoms with van der Waals surface area (Å²) < 4.78 is 0. The normalized spacial score (nSPS) is 17.6. The van der Waals surface area contributed by atoms with Crippen LogP contribution in [0.5, 0.6) is 0 Å². The Balaban J connectivity index is 2.03. The first-order valence-corrected chi connectivity index (χ1v) is 9.63. The molecule has 0 bridgehead atoms. The van der Waals surface area contributed by atoms with Crippen molar-refractivity contribution in [1.82, 2.24) is 0 Å². The van der Waals surface area contributed by atoms with Crippen LogP contribution in [0.4, 0.5) is 0 Å². The number of carbonyl (C=O) groups is 1. The second-order valence-corrected chi connectivity index (χ2v) is 8.97. The smallest absolute Gasteiger partial charge is 0.335 e. The molecule has 0 saturated heterocycles. The summed E-state index contributed by atoms with van der Waals surface area (Å²) in [5.41, 5.74) is 7.74. The van der Waals surface area contributed by atoms with Crippen LogP contribution in [0.1, 0.15) is 85.6 Å². The van der Waals surface area contributed by atoms with Crippen LogP contribution in [0.15, 0.2) is 36.4 Å². The lowest BCUT2D eigenvalue weighted by molar-refractivity contribution is 0.0697. The fourth-order valence-electron chi connectivity index (χ4n) is 4.18. The molecule has 0 amide bonds. The minimum Gasteiger partial charge on any atom is -0.478 e. The summed E-state index contributed by atoms with van der Waals surface area (Å²) in [7, 11) is 0. The lowest BCUT2D eigenvalue weighted by Crippen LogP contribution is -2.34. The van der Waals surface area contributed by atoms with Crippen LogP contribution in [-0.4, -0.2) is 11.1 Å². The number of rotatable bonds is 4. The van der Waals surface area contributed by atoms with Crippen LogP contribution in [0.25, 0.3) is 0 Å². The molecular formula is C24H30O2. The number of hydrogen-bond donors (Lipinski definition) is 1. The highest BCUT2D eigenvalue weighted by Gasteiger charge is 2.37. The molecule has 0 aliphatic heterocycles. The third-order valence-corrected chi connectivity index (χ3v) is 6.15. The third kappa shape index (κ3) is 3.42. The fraction of sp³-hybridized carbons (Fsp3) is 0.458. The third-order valence-electron chi connectivity index (χ3n) is 6.15. The van der Waals surface area contributed by atoms with Crippen LogP contribution in [0, 0.1) is 0 Å². The van der Waals surface area contributed by atoms with Gasteiger partial charge in [-0.05, 0) is 76.5 Å². The second-order valence-electron chi connectivity index (χ2n) is 8.97. The van der Waals surface area contributed by atoms with Crippen LogP contribution >= 0.6 is 0 Å². The Morgan fingerprint density at radius 3 is 1.88 bits per heavy atom. The van der Waals surface area contributed by atoms with Crippen molar-refractivity contribution in [3.8, 4) is 0 Å². The second kappa shape index (κ2) is 6.57. The predicted octanol–water partition coefficient (Wildman–Crippen LogP) is 5.89. The van der Waals surface area contributed by atoms with E-state index in [4.69, 9.17) is 5.11 Å². The Labute approximate surface area is 157 Å². The van der Waals surface area contributed by atoms with Crippen LogP contribution in [-0.2, 0) is 23.7 Å². The van der Waals surface area contributed by atoms with E-state index in [-0.39, 0.29) is 10.8 Å². The Bertz CT molecular complexity index is 826.